The Bertz CT molecular complexity index is 395. The van der Waals surface area contributed by atoms with Crippen molar-refractivity contribution in [3.8, 4) is 0 Å². The summed E-state index contributed by atoms with van der Waals surface area (Å²) in [5.41, 5.74) is 1.17. The molecule has 1 heterocycles. The predicted molar refractivity (Wildman–Crippen MR) is 76.1 cm³/mol. The lowest BCUT2D eigenvalue weighted by atomic mass is 10.1. The van der Waals surface area contributed by atoms with Gasteiger partial charge in [-0.2, -0.15) is 0 Å². The molecule has 0 aromatic heterocycles. The van der Waals surface area contributed by atoms with E-state index in [4.69, 9.17) is 0 Å². The molecule has 0 radical (unpaired) electrons. The van der Waals surface area contributed by atoms with Crippen LogP contribution in [0.25, 0.3) is 0 Å². The Morgan fingerprint density at radius 1 is 1.50 bits per heavy atom. The Hall–Kier alpha value is -0.450. The molecule has 1 aliphatic heterocycles. The van der Waals surface area contributed by atoms with Gasteiger partial charge in [0.15, 0.2) is 0 Å². The standard InChI is InChI=1S/C14H20BrFN2/c1-2-3-13-9-17-6-7-18(13)10-11-4-5-12(16)8-14(11)15/h4-5,8,13,17H,2-3,6-7,9-10H2,1H3. The van der Waals surface area contributed by atoms with Crippen LogP contribution in [0.2, 0.25) is 0 Å². The molecule has 100 valence electrons. The van der Waals surface area contributed by atoms with E-state index < -0.39 is 0 Å². The SMILES string of the molecule is CCCC1CNCCN1Cc1ccc(F)cc1Br. The summed E-state index contributed by atoms with van der Waals surface area (Å²) in [4.78, 5) is 2.50. The molecule has 0 spiro atoms. The van der Waals surface area contributed by atoms with Crippen molar-refractivity contribution in [2.45, 2.75) is 32.4 Å². The highest BCUT2D eigenvalue weighted by atomic mass is 79.9. The number of benzene rings is 1. The highest BCUT2D eigenvalue weighted by Gasteiger charge is 2.21. The number of nitrogens with zero attached hydrogens (tertiary/aromatic N) is 1. The molecule has 1 aliphatic rings. The van der Waals surface area contributed by atoms with E-state index in [9.17, 15) is 4.39 Å². The van der Waals surface area contributed by atoms with E-state index in [1.54, 1.807) is 6.07 Å². The first-order chi connectivity index (χ1) is 8.70. The summed E-state index contributed by atoms with van der Waals surface area (Å²) in [7, 11) is 0. The molecule has 4 heteroatoms. The Labute approximate surface area is 117 Å². The summed E-state index contributed by atoms with van der Waals surface area (Å²) in [6, 6.07) is 5.56. The minimum Gasteiger partial charge on any atom is -0.314 e. The van der Waals surface area contributed by atoms with E-state index in [1.165, 1.54) is 24.5 Å². The second-order valence-electron chi connectivity index (χ2n) is 4.85. The lowest BCUT2D eigenvalue weighted by Gasteiger charge is -2.36. The second kappa shape index (κ2) is 6.64. The van der Waals surface area contributed by atoms with Crippen molar-refractivity contribution in [3.05, 3.63) is 34.1 Å². The van der Waals surface area contributed by atoms with Crippen molar-refractivity contribution in [1.82, 2.24) is 10.2 Å². The number of hydrogen-bond donors (Lipinski definition) is 1. The number of nitrogens with one attached hydrogen (secondary N) is 1. The number of hydrogen-bond acceptors (Lipinski definition) is 2. The van der Waals surface area contributed by atoms with Crippen molar-refractivity contribution >= 4 is 15.9 Å². The summed E-state index contributed by atoms with van der Waals surface area (Å²) in [5, 5.41) is 3.45. The van der Waals surface area contributed by atoms with Gasteiger partial charge in [0.25, 0.3) is 0 Å². The van der Waals surface area contributed by atoms with Gasteiger partial charge >= 0.3 is 0 Å². The molecular weight excluding hydrogens is 295 g/mol. The first-order valence-corrected chi connectivity index (χ1v) is 7.38. The third-order valence-electron chi connectivity index (χ3n) is 3.48. The molecule has 1 unspecified atom stereocenters. The van der Waals surface area contributed by atoms with E-state index in [1.807, 2.05) is 6.07 Å². The molecule has 18 heavy (non-hydrogen) atoms. The van der Waals surface area contributed by atoms with Gasteiger partial charge in [-0.25, -0.2) is 4.39 Å². The number of rotatable bonds is 4. The van der Waals surface area contributed by atoms with Crippen LogP contribution in [-0.4, -0.2) is 30.6 Å². The average Bonchev–Trinajstić information content (AvgIpc) is 2.35. The van der Waals surface area contributed by atoms with Crippen LogP contribution in [-0.2, 0) is 6.54 Å². The van der Waals surface area contributed by atoms with Gasteiger partial charge in [-0.1, -0.05) is 35.3 Å². The van der Waals surface area contributed by atoms with E-state index in [-0.39, 0.29) is 5.82 Å². The first kappa shape index (κ1) is 14.0. The number of piperazine rings is 1. The molecule has 0 bridgehead atoms. The Morgan fingerprint density at radius 2 is 2.33 bits per heavy atom. The molecule has 0 saturated carbocycles. The maximum atomic E-state index is 13.1. The lowest BCUT2D eigenvalue weighted by molar-refractivity contribution is 0.144. The van der Waals surface area contributed by atoms with Gasteiger partial charge in [0.05, 0.1) is 0 Å². The smallest absolute Gasteiger partial charge is 0.124 e. The van der Waals surface area contributed by atoms with E-state index in [0.717, 1.165) is 30.7 Å². The van der Waals surface area contributed by atoms with E-state index in [0.29, 0.717) is 6.04 Å². The van der Waals surface area contributed by atoms with Crippen molar-refractivity contribution in [2.75, 3.05) is 19.6 Å². The van der Waals surface area contributed by atoms with Gasteiger partial charge in [-0.3, -0.25) is 4.90 Å². The Morgan fingerprint density at radius 3 is 3.06 bits per heavy atom. The minimum absolute atomic E-state index is 0.184. The molecule has 2 nitrogen and oxygen atoms in total. The second-order valence-corrected chi connectivity index (χ2v) is 5.71. The van der Waals surface area contributed by atoms with E-state index in [2.05, 4.69) is 33.1 Å². The molecule has 1 atom stereocenters. The molecule has 1 aromatic rings. The molecule has 1 aromatic carbocycles. The normalized spacial score (nSPS) is 21.2. The van der Waals surface area contributed by atoms with Crippen molar-refractivity contribution < 1.29 is 4.39 Å². The molecule has 1 saturated heterocycles. The fourth-order valence-electron chi connectivity index (χ4n) is 2.50. The zero-order chi connectivity index (χ0) is 13.0. The van der Waals surface area contributed by atoms with Gasteiger partial charge in [0.2, 0.25) is 0 Å². The Kier molecular flexibility index (Phi) is 5.15. The van der Waals surface area contributed by atoms with Crippen LogP contribution < -0.4 is 5.32 Å². The fourth-order valence-corrected chi connectivity index (χ4v) is 2.97. The van der Waals surface area contributed by atoms with Crippen LogP contribution in [0.3, 0.4) is 0 Å². The maximum Gasteiger partial charge on any atom is 0.124 e. The molecule has 2 rings (SSSR count). The number of halogens is 2. The third-order valence-corrected chi connectivity index (χ3v) is 4.22. The van der Waals surface area contributed by atoms with Gasteiger partial charge in [-0.15, -0.1) is 0 Å². The molecule has 1 fully saturated rings. The lowest BCUT2D eigenvalue weighted by Crippen LogP contribution is -2.50. The van der Waals surface area contributed by atoms with E-state index >= 15 is 0 Å². The van der Waals surface area contributed by atoms with Crippen LogP contribution in [0.15, 0.2) is 22.7 Å². The van der Waals surface area contributed by atoms with Crippen molar-refractivity contribution in [1.29, 1.82) is 0 Å². The van der Waals surface area contributed by atoms with Gasteiger partial charge in [0.1, 0.15) is 5.82 Å². The minimum atomic E-state index is -0.184. The third kappa shape index (κ3) is 3.53. The van der Waals surface area contributed by atoms with Crippen LogP contribution in [0, 0.1) is 5.82 Å². The van der Waals surface area contributed by atoms with Crippen LogP contribution >= 0.6 is 15.9 Å². The zero-order valence-electron chi connectivity index (χ0n) is 10.8. The zero-order valence-corrected chi connectivity index (χ0v) is 12.3. The molecule has 0 aliphatic carbocycles. The monoisotopic (exact) mass is 314 g/mol. The van der Waals surface area contributed by atoms with Crippen LogP contribution in [0.1, 0.15) is 25.3 Å². The van der Waals surface area contributed by atoms with Gasteiger partial charge in [0, 0.05) is 36.7 Å². The maximum absolute atomic E-state index is 13.1. The summed E-state index contributed by atoms with van der Waals surface area (Å²) >= 11 is 3.45. The largest absolute Gasteiger partial charge is 0.314 e. The summed E-state index contributed by atoms with van der Waals surface area (Å²) < 4.78 is 13.9. The predicted octanol–water partition coefficient (Wildman–Crippen LogP) is 3.16. The van der Waals surface area contributed by atoms with Gasteiger partial charge in [-0.05, 0) is 24.1 Å². The topological polar surface area (TPSA) is 15.3 Å². The quantitative estimate of drug-likeness (QED) is 0.918. The van der Waals surface area contributed by atoms with Crippen molar-refractivity contribution in [3.63, 3.8) is 0 Å². The van der Waals surface area contributed by atoms with Gasteiger partial charge < -0.3 is 5.32 Å². The fraction of sp³-hybridized carbons (Fsp3) is 0.571. The highest BCUT2D eigenvalue weighted by molar-refractivity contribution is 9.10. The summed E-state index contributed by atoms with van der Waals surface area (Å²) in [6.45, 7) is 6.29. The first-order valence-electron chi connectivity index (χ1n) is 6.59. The Balaban J connectivity index is 2.06. The average molecular weight is 315 g/mol. The van der Waals surface area contributed by atoms with Crippen LogP contribution in [0.4, 0.5) is 4.39 Å². The van der Waals surface area contributed by atoms with Crippen LogP contribution in [0.5, 0.6) is 0 Å². The molecule has 0 amide bonds. The summed E-state index contributed by atoms with van der Waals surface area (Å²) in [6.07, 6.45) is 2.42. The summed E-state index contributed by atoms with van der Waals surface area (Å²) in [5.74, 6) is -0.184. The molecule has 1 N–H and O–H groups in total. The highest BCUT2D eigenvalue weighted by Crippen LogP contribution is 2.22. The molecular formula is C14H20BrFN2. The van der Waals surface area contributed by atoms with Crippen molar-refractivity contribution in [2.24, 2.45) is 0 Å².